The highest BCUT2D eigenvalue weighted by molar-refractivity contribution is 9.10. The smallest absolute Gasteiger partial charge is 0.251 e. The van der Waals surface area contributed by atoms with Crippen LogP contribution in [0.5, 0.6) is 5.75 Å². The van der Waals surface area contributed by atoms with Gasteiger partial charge in [-0.2, -0.15) is 11.8 Å². The maximum Gasteiger partial charge on any atom is 0.251 e. The molecule has 0 aliphatic carbocycles. The average Bonchev–Trinajstić information content (AvgIpc) is 2.29. The van der Waals surface area contributed by atoms with Crippen LogP contribution >= 0.6 is 27.7 Å². The van der Waals surface area contributed by atoms with Gasteiger partial charge in [-0.25, -0.2) is 0 Å². The molecule has 5 heteroatoms. The number of ether oxygens (including phenoxy) is 1. The zero-order valence-corrected chi connectivity index (χ0v) is 11.7. The molecule has 0 spiro atoms. The van der Waals surface area contributed by atoms with Gasteiger partial charge in [0.15, 0.2) is 0 Å². The second kappa shape index (κ2) is 6.81. The van der Waals surface area contributed by atoms with Crippen molar-refractivity contribution >= 4 is 33.6 Å². The Morgan fingerprint density at radius 3 is 2.88 bits per heavy atom. The van der Waals surface area contributed by atoms with E-state index >= 15 is 0 Å². The lowest BCUT2D eigenvalue weighted by Gasteiger charge is -2.07. The van der Waals surface area contributed by atoms with E-state index in [1.165, 1.54) is 0 Å². The number of halogens is 1. The summed E-state index contributed by atoms with van der Waals surface area (Å²) in [5.41, 5.74) is 0.633. The fourth-order valence-corrected chi connectivity index (χ4v) is 2.02. The summed E-state index contributed by atoms with van der Waals surface area (Å²) in [6.45, 7) is 0.684. The molecule has 0 unspecified atom stereocenters. The molecule has 0 radical (unpaired) electrons. The van der Waals surface area contributed by atoms with Crippen LogP contribution in [0.3, 0.4) is 0 Å². The topological polar surface area (TPSA) is 38.3 Å². The molecule has 88 valence electrons. The molecule has 0 aromatic heterocycles. The number of carbonyl (C=O) groups excluding carboxylic acids is 1. The molecule has 0 saturated carbocycles. The minimum absolute atomic E-state index is 0.0580. The fraction of sp³-hybridized carbons (Fsp3) is 0.364. The summed E-state index contributed by atoms with van der Waals surface area (Å²) in [7, 11) is 1.60. The number of methoxy groups -OCH3 is 1. The van der Waals surface area contributed by atoms with Crippen LogP contribution in [0, 0.1) is 0 Å². The van der Waals surface area contributed by atoms with Gasteiger partial charge >= 0.3 is 0 Å². The molecule has 1 aromatic rings. The first-order chi connectivity index (χ1) is 7.69. The molecule has 0 atom stereocenters. The molecule has 0 fully saturated rings. The van der Waals surface area contributed by atoms with Gasteiger partial charge in [0.25, 0.3) is 5.91 Å². The van der Waals surface area contributed by atoms with Crippen molar-refractivity contribution in [1.29, 1.82) is 0 Å². The van der Waals surface area contributed by atoms with Gasteiger partial charge in [-0.15, -0.1) is 0 Å². The minimum Gasteiger partial charge on any atom is -0.496 e. The number of hydrogen-bond donors (Lipinski definition) is 1. The van der Waals surface area contributed by atoms with E-state index < -0.39 is 0 Å². The standard InChI is InChI=1S/C11H14BrNO2S/c1-15-10-4-3-8(7-9(10)12)11(14)13-5-6-16-2/h3-4,7H,5-6H2,1-2H3,(H,13,14). The Balaban J connectivity index is 2.66. The van der Waals surface area contributed by atoms with E-state index in [1.807, 2.05) is 6.26 Å². The number of nitrogens with one attached hydrogen (secondary N) is 1. The number of benzene rings is 1. The highest BCUT2D eigenvalue weighted by atomic mass is 79.9. The van der Waals surface area contributed by atoms with E-state index in [2.05, 4.69) is 21.2 Å². The van der Waals surface area contributed by atoms with Crippen molar-refractivity contribution in [1.82, 2.24) is 5.32 Å². The van der Waals surface area contributed by atoms with Gasteiger partial charge < -0.3 is 10.1 Å². The summed E-state index contributed by atoms with van der Waals surface area (Å²) in [6, 6.07) is 5.28. The van der Waals surface area contributed by atoms with E-state index in [0.29, 0.717) is 12.1 Å². The van der Waals surface area contributed by atoms with Crippen LogP contribution in [-0.4, -0.2) is 31.6 Å². The zero-order chi connectivity index (χ0) is 12.0. The SMILES string of the molecule is COc1ccc(C(=O)NCCSC)cc1Br. The molecule has 0 aliphatic rings. The molecule has 0 bridgehead atoms. The Hall–Kier alpha value is -0.680. The van der Waals surface area contributed by atoms with Gasteiger partial charge in [0.2, 0.25) is 0 Å². The second-order valence-electron chi connectivity index (χ2n) is 3.10. The monoisotopic (exact) mass is 303 g/mol. The fourth-order valence-electron chi connectivity index (χ4n) is 1.18. The molecule has 3 nitrogen and oxygen atoms in total. The van der Waals surface area contributed by atoms with Crippen molar-refractivity contribution in [3.8, 4) is 5.75 Å². The number of amides is 1. The Labute approximate surface area is 108 Å². The summed E-state index contributed by atoms with van der Waals surface area (Å²) in [6.07, 6.45) is 2.01. The van der Waals surface area contributed by atoms with Crippen LogP contribution in [0.2, 0.25) is 0 Å². The van der Waals surface area contributed by atoms with Gasteiger partial charge in [0, 0.05) is 17.9 Å². The van der Waals surface area contributed by atoms with Crippen LogP contribution in [0.4, 0.5) is 0 Å². The van der Waals surface area contributed by atoms with Crippen LogP contribution in [0.15, 0.2) is 22.7 Å². The first kappa shape index (κ1) is 13.4. The van der Waals surface area contributed by atoms with Gasteiger partial charge in [-0.05, 0) is 40.4 Å². The minimum atomic E-state index is -0.0580. The third-order valence-electron chi connectivity index (χ3n) is 2.01. The average molecular weight is 304 g/mol. The van der Waals surface area contributed by atoms with Gasteiger partial charge in [-0.3, -0.25) is 4.79 Å². The van der Waals surface area contributed by atoms with E-state index in [-0.39, 0.29) is 5.91 Å². The summed E-state index contributed by atoms with van der Waals surface area (Å²) >= 11 is 5.05. The van der Waals surface area contributed by atoms with Crippen molar-refractivity contribution in [2.24, 2.45) is 0 Å². The number of thioether (sulfide) groups is 1. The molecular weight excluding hydrogens is 290 g/mol. The molecular formula is C11H14BrNO2S. The number of hydrogen-bond acceptors (Lipinski definition) is 3. The summed E-state index contributed by atoms with van der Waals surface area (Å²) < 4.78 is 5.88. The van der Waals surface area contributed by atoms with Crippen LogP contribution in [-0.2, 0) is 0 Å². The quantitative estimate of drug-likeness (QED) is 0.850. The Kier molecular flexibility index (Phi) is 5.69. The Morgan fingerprint density at radius 1 is 1.56 bits per heavy atom. The predicted molar refractivity (Wildman–Crippen MR) is 71.4 cm³/mol. The van der Waals surface area contributed by atoms with Gasteiger partial charge in [0.1, 0.15) is 5.75 Å². The lowest BCUT2D eigenvalue weighted by molar-refractivity contribution is 0.0956. The predicted octanol–water partition coefficient (Wildman–Crippen LogP) is 2.55. The van der Waals surface area contributed by atoms with Crippen molar-refractivity contribution in [3.05, 3.63) is 28.2 Å². The van der Waals surface area contributed by atoms with Crippen molar-refractivity contribution < 1.29 is 9.53 Å². The molecule has 0 aliphatic heterocycles. The Bertz CT molecular complexity index is 371. The van der Waals surface area contributed by atoms with E-state index in [0.717, 1.165) is 16.0 Å². The summed E-state index contributed by atoms with van der Waals surface area (Å²) in [5.74, 6) is 1.58. The largest absolute Gasteiger partial charge is 0.496 e. The van der Waals surface area contributed by atoms with Crippen LogP contribution in [0.1, 0.15) is 10.4 Å². The van der Waals surface area contributed by atoms with E-state index in [1.54, 1.807) is 37.1 Å². The molecule has 0 heterocycles. The normalized spacial score (nSPS) is 9.94. The summed E-state index contributed by atoms with van der Waals surface area (Å²) in [4.78, 5) is 11.7. The lowest BCUT2D eigenvalue weighted by atomic mass is 10.2. The number of rotatable bonds is 5. The maximum absolute atomic E-state index is 11.7. The summed E-state index contributed by atoms with van der Waals surface area (Å²) in [5, 5.41) is 2.84. The third kappa shape index (κ3) is 3.72. The second-order valence-corrected chi connectivity index (χ2v) is 4.94. The maximum atomic E-state index is 11.7. The third-order valence-corrected chi connectivity index (χ3v) is 3.24. The zero-order valence-electron chi connectivity index (χ0n) is 9.25. The molecule has 1 rings (SSSR count). The Morgan fingerprint density at radius 2 is 2.31 bits per heavy atom. The molecule has 0 saturated heterocycles. The highest BCUT2D eigenvalue weighted by Gasteiger charge is 2.07. The van der Waals surface area contributed by atoms with Gasteiger partial charge in [0.05, 0.1) is 11.6 Å². The van der Waals surface area contributed by atoms with Crippen LogP contribution in [0.25, 0.3) is 0 Å². The molecule has 16 heavy (non-hydrogen) atoms. The lowest BCUT2D eigenvalue weighted by Crippen LogP contribution is -2.25. The number of carbonyl (C=O) groups is 1. The van der Waals surface area contributed by atoms with Crippen molar-refractivity contribution in [3.63, 3.8) is 0 Å². The molecule has 1 amide bonds. The van der Waals surface area contributed by atoms with Crippen LogP contribution < -0.4 is 10.1 Å². The van der Waals surface area contributed by atoms with E-state index in [9.17, 15) is 4.79 Å². The van der Waals surface area contributed by atoms with Gasteiger partial charge in [-0.1, -0.05) is 0 Å². The molecule has 1 aromatic carbocycles. The van der Waals surface area contributed by atoms with Crippen molar-refractivity contribution in [2.45, 2.75) is 0 Å². The first-order valence-electron chi connectivity index (χ1n) is 4.79. The van der Waals surface area contributed by atoms with E-state index in [4.69, 9.17) is 4.74 Å². The molecule has 1 N–H and O–H groups in total. The highest BCUT2D eigenvalue weighted by Crippen LogP contribution is 2.25. The first-order valence-corrected chi connectivity index (χ1v) is 6.98. The van der Waals surface area contributed by atoms with Crippen molar-refractivity contribution in [2.75, 3.05) is 25.7 Å².